The number of nitriles is 1. The number of hydrogen-bond acceptors (Lipinski definition) is 3. The van der Waals surface area contributed by atoms with Gasteiger partial charge in [0.25, 0.3) is 0 Å². The molecule has 0 unspecified atom stereocenters. The largest absolute Gasteiger partial charge is 0.342 e. The van der Waals surface area contributed by atoms with Crippen molar-refractivity contribution in [2.24, 2.45) is 0 Å². The van der Waals surface area contributed by atoms with Crippen molar-refractivity contribution in [2.45, 2.75) is 31.4 Å². The molecule has 0 atom stereocenters. The van der Waals surface area contributed by atoms with Gasteiger partial charge in [-0.05, 0) is 24.5 Å². The first-order chi connectivity index (χ1) is 9.81. The first kappa shape index (κ1) is 14.9. The fraction of sp³-hybridized carbons (Fsp3) is 0.500. The van der Waals surface area contributed by atoms with E-state index in [4.69, 9.17) is 5.26 Å². The van der Waals surface area contributed by atoms with Crippen LogP contribution in [0.3, 0.4) is 0 Å². The van der Waals surface area contributed by atoms with E-state index in [-0.39, 0.29) is 5.91 Å². The van der Waals surface area contributed by atoms with Crippen molar-refractivity contribution in [2.75, 3.05) is 18.8 Å². The van der Waals surface area contributed by atoms with Crippen molar-refractivity contribution in [3.63, 3.8) is 0 Å². The summed E-state index contributed by atoms with van der Waals surface area (Å²) in [5, 5.41) is 9.03. The fourth-order valence-electron chi connectivity index (χ4n) is 2.41. The lowest BCUT2D eigenvalue weighted by atomic mass is 10.1. The molecule has 0 N–H and O–H groups in total. The first-order valence-corrected chi connectivity index (χ1v) is 8.30. The topological polar surface area (TPSA) is 44.1 Å². The summed E-state index contributed by atoms with van der Waals surface area (Å²) >= 11 is 1.60. The monoisotopic (exact) mass is 288 g/mol. The molecule has 0 aliphatic carbocycles. The van der Waals surface area contributed by atoms with Crippen LogP contribution >= 0.6 is 11.8 Å². The number of likely N-dealkylation sites (tertiary alicyclic amines) is 1. The van der Waals surface area contributed by atoms with Crippen molar-refractivity contribution >= 4 is 17.7 Å². The number of thioether (sulfide) groups is 1. The van der Waals surface area contributed by atoms with E-state index in [2.05, 4.69) is 6.07 Å². The molecule has 1 heterocycles. The highest BCUT2D eigenvalue weighted by molar-refractivity contribution is 7.99. The Morgan fingerprint density at radius 1 is 1.20 bits per heavy atom. The van der Waals surface area contributed by atoms with Gasteiger partial charge in [0, 0.05) is 18.8 Å². The van der Waals surface area contributed by atoms with E-state index < -0.39 is 0 Å². The number of carbonyl (C=O) groups excluding carboxylic acids is 1. The fourth-order valence-corrected chi connectivity index (χ4v) is 3.35. The van der Waals surface area contributed by atoms with E-state index in [0.717, 1.165) is 37.2 Å². The molecule has 0 radical (unpaired) electrons. The van der Waals surface area contributed by atoms with Crippen molar-refractivity contribution < 1.29 is 4.79 Å². The average Bonchev–Trinajstić information content (AvgIpc) is 2.77. The minimum Gasteiger partial charge on any atom is -0.342 e. The van der Waals surface area contributed by atoms with Gasteiger partial charge in [-0.25, -0.2) is 0 Å². The second-order valence-electron chi connectivity index (χ2n) is 5.06. The van der Waals surface area contributed by atoms with E-state index in [9.17, 15) is 4.79 Å². The molecule has 1 fully saturated rings. The smallest absolute Gasteiger partial charge is 0.232 e. The van der Waals surface area contributed by atoms with Crippen LogP contribution in [-0.2, 0) is 10.5 Å². The van der Waals surface area contributed by atoms with Gasteiger partial charge in [-0.2, -0.15) is 5.26 Å². The highest BCUT2D eigenvalue weighted by Crippen LogP contribution is 2.17. The molecule has 4 heteroatoms. The quantitative estimate of drug-likeness (QED) is 0.854. The second-order valence-corrected chi connectivity index (χ2v) is 6.04. The van der Waals surface area contributed by atoms with Crippen LogP contribution in [0, 0.1) is 11.3 Å². The van der Waals surface area contributed by atoms with Crippen LogP contribution in [0.1, 0.15) is 36.8 Å². The average molecular weight is 288 g/mol. The third-order valence-electron chi connectivity index (χ3n) is 3.58. The number of hydrogen-bond donors (Lipinski definition) is 0. The van der Waals surface area contributed by atoms with Gasteiger partial charge in [0.1, 0.15) is 0 Å². The predicted molar refractivity (Wildman–Crippen MR) is 82.4 cm³/mol. The summed E-state index contributed by atoms with van der Waals surface area (Å²) < 4.78 is 0. The van der Waals surface area contributed by atoms with Crippen LogP contribution in [0.4, 0.5) is 0 Å². The van der Waals surface area contributed by atoms with E-state index in [1.165, 1.54) is 12.8 Å². The lowest BCUT2D eigenvalue weighted by Gasteiger charge is -2.20. The van der Waals surface area contributed by atoms with E-state index >= 15 is 0 Å². The van der Waals surface area contributed by atoms with Crippen molar-refractivity contribution in [3.05, 3.63) is 35.4 Å². The van der Waals surface area contributed by atoms with Gasteiger partial charge >= 0.3 is 0 Å². The standard InChI is InChI=1S/C16H20N2OS/c17-11-14-7-3-4-8-15(14)12-20-13-16(19)18-9-5-1-2-6-10-18/h3-4,7-8H,1-2,5-6,9-10,12-13H2. The zero-order valence-corrected chi connectivity index (χ0v) is 12.5. The molecular weight excluding hydrogens is 268 g/mol. The Hall–Kier alpha value is -1.47. The highest BCUT2D eigenvalue weighted by Gasteiger charge is 2.15. The van der Waals surface area contributed by atoms with E-state index in [0.29, 0.717) is 11.3 Å². The van der Waals surface area contributed by atoms with Crippen LogP contribution in [0.25, 0.3) is 0 Å². The molecule has 1 aliphatic rings. The third-order valence-corrected chi connectivity index (χ3v) is 4.55. The molecule has 106 valence electrons. The molecular formula is C16H20N2OS. The molecule has 0 spiro atoms. The zero-order chi connectivity index (χ0) is 14.2. The van der Waals surface area contributed by atoms with Gasteiger partial charge in [-0.15, -0.1) is 11.8 Å². The van der Waals surface area contributed by atoms with Crippen LogP contribution in [0.5, 0.6) is 0 Å². The van der Waals surface area contributed by atoms with Crippen LogP contribution in [0.2, 0.25) is 0 Å². The molecule has 0 aromatic heterocycles. The van der Waals surface area contributed by atoms with Crippen LogP contribution in [-0.4, -0.2) is 29.6 Å². The molecule has 2 rings (SSSR count). The number of nitrogens with zero attached hydrogens (tertiary/aromatic N) is 2. The molecule has 0 saturated carbocycles. The Balaban J connectivity index is 1.80. The summed E-state index contributed by atoms with van der Waals surface area (Å²) in [5.41, 5.74) is 1.73. The summed E-state index contributed by atoms with van der Waals surface area (Å²) in [7, 11) is 0. The van der Waals surface area contributed by atoms with Crippen LogP contribution in [0.15, 0.2) is 24.3 Å². The van der Waals surface area contributed by atoms with Gasteiger partial charge in [0.2, 0.25) is 5.91 Å². The zero-order valence-electron chi connectivity index (χ0n) is 11.7. The summed E-state index contributed by atoms with van der Waals surface area (Å²) in [6.07, 6.45) is 4.75. The molecule has 1 aromatic rings. The van der Waals surface area contributed by atoms with Gasteiger partial charge in [0.05, 0.1) is 17.4 Å². The SMILES string of the molecule is N#Cc1ccccc1CSCC(=O)N1CCCCCC1. The molecule has 1 aromatic carbocycles. The van der Waals surface area contributed by atoms with Crippen molar-refractivity contribution in [1.29, 1.82) is 5.26 Å². The predicted octanol–water partition coefficient (Wildman–Crippen LogP) is 3.19. The van der Waals surface area contributed by atoms with E-state index in [1.54, 1.807) is 11.8 Å². The number of carbonyl (C=O) groups is 1. The number of benzene rings is 1. The molecule has 20 heavy (non-hydrogen) atoms. The maximum Gasteiger partial charge on any atom is 0.232 e. The molecule has 1 saturated heterocycles. The Kier molecular flexibility index (Phi) is 5.94. The molecule has 1 aliphatic heterocycles. The van der Waals surface area contributed by atoms with E-state index in [1.807, 2.05) is 29.2 Å². The summed E-state index contributed by atoms with van der Waals surface area (Å²) in [5.74, 6) is 1.48. The van der Waals surface area contributed by atoms with Crippen molar-refractivity contribution in [1.82, 2.24) is 4.90 Å². The summed E-state index contributed by atoms with van der Waals surface area (Å²) in [6.45, 7) is 1.82. The third kappa shape index (κ3) is 4.28. The molecule has 0 bridgehead atoms. The van der Waals surface area contributed by atoms with Gasteiger partial charge in [-0.1, -0.05) is 31.0 Å². The highest BCUT2D eigenvalue weighted by atomic mass is 32.2. The van der Waals surface area contributed by atoms with Gasteiger partial charge < -0.3 is 4.90 Å². The molecule has 3 nitrogen and oxygen atoms in total. The van der Waals surface area contributed by atoms with Gasteiger partial charge in [0.15, 0.2) is 0 Å². The minimum absolute atomic E-state index is 0.242. The lowest BCUT2D eigenvalue weighted by Crippen LogP contribution is -2.33. The van der Waals surface area contributed by atoms with Crippen LogP contribution < -0.4 is 0 Å². The normalized spacial score (nSPS) is 15.4. The van der Waals surface area contributed by atoms with Crippen molar-refractivity contribution in [3.8, 4) is 6.07 Å². The minimum atomic E-state index is 0.242. The Morgan fingerprint density at radius 3 is 2.60 bits per heavy atom. The Bertz CT molecular complexity index is 487. The Morgan fingerprint density at radius 2 is 1.90 bits per heavy atom. The second kappa shape index (κ2) is 7.96. The summed E-state index contributed by atoms with van der Waals surface area (Å²) in [4.78, 5) is 14.1. The lowest BCUT2D eigenvalue weighted by molar-refractivity contribution is -0.128. The number of rotatable bonds is 4. The maximum absolute atomic E-state index is 12.1. The number of amides is 1. The molecule has 1 amide bonds. The Labute approximate surface area is 125 Å². The van der Waals surface area contributed by atoms with Gasteiger partial charge in [-0.3, -0.25) is 4.79 Å². The maximum atomic E-state index is 12.1. The first-order valence-electron chi connectivity index (χ1n) is 7.15. The summed E-state index contributed by atoms with van der Waals surface area (Å²) in [6, 6.07) is 9.79.